The lowest BCUT2D eigenvalue weighted by Gasteiger charge is -2.17. The Morgan fingerprint density at radius 1 is 1.12 bits per heavy atom. The highest BCUT2D eigenvalue weighted by Crippen LogP contribution is 2.20. The van der Waals surface area contributed by atoms with Gasteiger partial charge in [0.15, 0.2) is 0 Å². The van der Waals surface area contributed by atoms with Crippen LogP contribution in [0.1, 0.15) is 23.6 Å². The van der Waals surface area contributed by atoms with Gasteiger partial charge in [-0.3, -0.25) is 4.79 Å². The number of primary amides is 1. The van der Waals surface area contributed by atoms with Crippen LogP contribution in [0.15, 0.2) is 53.0 Å². The van der Waals surface area contributed by atoms with E-state index in [1.807, 2.05) is 24.3 Å². The zero-order chi connectivity index (χ0) is 17.5. The van der Waals surface area contributed by atoms with Gasteiger partial charge < -0.3 is 15.8 Å². The molecule has 2 aromatic carbocycles. The van der Waals surface area contributed by atoms with Crippen LogP contribution in [0.2, 0.25) is 5.02 Å². The molecule has 0 heterocycles. The van der Waals surface area contributed by atoms with E-state index >= 15 is 0 Å². The summed E-state index contributed by atoms with van der Waals surface area (Å²) in [6.07, 6.45) is -0.0267. The SMILES string of the molecule is NC(=O)N[C@H](CC(=O)OCc1ccc(Br)cc1)c1ccc(Cl)cc1. The second-order valence-electron chi connectivity index (χ2n) is 5.10. The molecule has 2 aromatic rings. The molecule has 0 bridgehead atoms. The number of carbonyl (C=O) groups is 2. The molecule has 0 saturated heterocycles. The first-order chi connectivity index (χ1) is 11.4. The molecule has 3 N–H and O–H groups in total. The van der Waals surface area contributed by atoms with Crippen molar-refractivity contribution in [3.63, 3.8) is 0 Å². The zero-order valence-corrected chi connectivity index (χ0v) is 15.0. The van der Waals surface area contributed by atoms with Gasteiger partial charge in [-0.1, -0.05) is 51.8 Å². The normalized spacial score (nSPS) is 11.6. The third-order valence-electron chi connectivity index (χ3n) is 3.27. The molecule has 0 radical (unpaired) electrons. The fourth-order valence-electron chi connectivity index (χ4n) is 2.09. The smallest absolute Gasteiger partial charge is 0.312 e. The summed E-state index contributed by atoms with van der Waals surface area (Å²) in [4.78, 5) is 23.2. The maximum absolute atomic E-state index is 12.1. The van der Waals surface area contributed by atoms with Crippen molar-refractivity contribution in [1.29, 1.82) is 0 Å². The van der Waals surface area contributed by atoms with Crippen molar-refractivity contribution in [2.75, 3.05) is 0 Å². The molecule has 0 saturated carbocycles. The van der Waals surface area contributed by atoms with Gasteiger partial charge in [-0.05, 0) is 35.4 Å². The van der Waals surface area contributed by atoms with E-state index in [1.54, 1.807) is 24.3 Å². The maximum Gasteiger partial charge on any atom is 0.312 e. The Balaban J connectivity index is 1.97. The molecule has 24 heavy (non-hydrogen) atoms. The third-order valence-corrected chi connectivity index (χ3v) is 4.05. The number of rotatable bonds is 6. The Morgan fingerprint density at radius 2 is 1.75 bits per heavy atom. The van der Waals surface area contributed by atoms with Crippen LogP contribution < -0.4 is 11.1 Å². The van der Waals surface area contributed by atoms with Gasteiger partial charge in [-0.2, -0.15) is 0 Å². The van der Waals surface area contributed by atoms with E-state index in [1.165, 1.54) is 0 Å². The number of nitrogens with two attached hydrogens (primary N) is 1. The number of ether oxygens (including phenoxy) is 1. The molecular weight excluding hydrogens is 396 g/mol. The minimum Gasteiger partial charge on any atom is -0.461 e. The summed E-state index contributed by atoms with van der Waals surface area (Å²) in [6, 6.07) is 13.0. The van der Waals surface area contributed by atoms with Gasteiger partial charge in [0.1, 0.15) is 6.61 Å². The Bertz CT molecular complexity index is 705. The molecule has 0 fully saturated rings. The monoisotopic (exact) mass is 410 g/mol. The molecule has 7 heteroatoms. The fourth-order valence-corrected chi connectivity index (χ4v) is 2.48. The Morgan fingerprint density at radius 3 is 2.33 bits per heavy atom. The summed E-state index contributed by atoms with van der Waals surface area (Å²) < 4.78 is 6.20. The zero-order valence-electron chi connectivity index (χ0n) is 12.7. The van der Waals surface area contributed by atoms with Crippen molar-refractivity contribution in [3.05, 3.63) is 69.2 Å². The second-order valence-corrected chi connectivity index (χ2v) is 6.46. The molecule has 2 amide bonds. The van der Waals surface area contributed by atoms with Crippen LogP contribution in [0.3, 0.4) is 0 Å². The molecule has 0 spiro atoms. The summed E-state index contributed by atoms with van der Waals surface area (Å²) in [7, 11) is 0. The molecule has 0 aliphatic carbocycles. The average molecular weight is 412 g/mol. The summed E-state index contributed by atoms with van der Waals surface area (Å²) in [5.41, 5.74) is 6.78. The predicted octanol–water partition coefficient (Wildman–Crippen LogP) is 3.95. The van der Waals surface area contributed by atoms with Gasteiger partial charge >= 0.3 is 12.0 Å². The Kier molecular flexibility index (Phi) is 6.63. The first kappa shape index (κ1) is 18.3. The average Bonchev–Trinajstić information content (AvgIpc) is 2.54. The minimum absolute atomic E-state index is 0.0267. The standard InChI is InChI=1S/C17H16BrClN2O3/c18-13-5-1-11(2-6-13)10-24-16(22)9-15(21-17(20)23)12-3-7-14(19)8-4-12/h1-8,15H,9-10H2,(H3,20,21,23)/t15-/m1/s1. The fraction of sp³-hybridized carbons (Fsp3) is 0.176. The van der Waals surface area contributed by atoms with Crippen LogP contribution in [0.25, 0.3) is 0 Å². The molecule has 0 aliphatic rings. The Labute approximate surface area is 153 Å². The highest BCUT2D eigenvalue weighted by Gasteiger charge is 2.18. The van der Waals surface area contributed by atoms with E-state index in [4.69, 9.17) is 22.1 Å². The van der Waals surface area contributed by atoms with Crippen LogP contribution in [-0.4, -0.2) is 12.0 Å². The van der Waals surface area contributed by atoms with Gasteiger partial charge in [0.2, 0.25) is 0 Å². The molecule has 126 valence electrons. The van der Waals surface area contributed by atoms with Gasteiger partial charge in [0.05, 0.1) is 12.5 Å². The molecule has 0 aromatic heterocycles. The molecule has 2 rings (SSSR count). The van der Waals surface area contributed by atoms with E-state index in [0.717, 1.165) is 15.6 Å². The number of amides is 2. The lowest BCUT2D eigenvalue weighted by atomic mass is 10.0. The van der Waals surface area contributed by atoms with Gasteiger partial charge in [-0.25, -0.2) is 4.79 Å². The van der Waals surface area contributed by atoms with Gasteiger partial charge in [0, 0.05) is 9.50 Å². The third kappa shape index (κ3) is 5.86. The lowest BCUT2D eigenvalue weighted by molar-refractivity contribution is -0.145. The first-order valence-corrected chi connectivity index (χ1v) is 8.32. The highest BCUT2D eigenvalue weighted by molar-refractivity contribution is 9.10. The van der Waals surface area contributed by atoms with E-state index < -0.39 is 18.0 Å². The number of urea groups is 1. The summed E-state index contributed by atoms with van der Waals surface area (Å²) >= 11 is 9.19. The largest absolute Gasteiger partial charge is 0.461 e. The number of carbonyl (C=O) groups excluding carboxylic acids is 2. The van der Waals surface area contributed by atoms with E-state index in [9.17, 15) is 9.59 Å². The molecule has 0 unspecified atom stereocenters. The van der Waals surface area contributed by atoms with Gasteiger partial charge in [-0.15, -0.1) is 0 Å². The predicted molar refractivity (Wildman–Crippen MR) is 95.5 cm³/mol. The maximum atomic E-state index is 12.1. The number of esters is 1. The van der Waals surface area contributed by atoms with Crippen molar-refractivity contribution < 1.29 is 14.3 Å². The van der Waals surface area contributed by atoms with Crippen LogP contribution in [0.5, 0.6) is 0 Å². The first-order valence-electron chi connectivity index (χ1n) is 7.15. The lowest BCUT2D eigenvalue weighted by Crippen LogP contribution is -2.34. The van der Waals surface area contributed by atoms with Crippen LogP contribution in [-0.2, 0) is 16.1 Å². The quantitative estimate of drug-likeness (QED) is 0.706. The van der Waals surface area contributed by atoms with Gasteiger partial charge in [0.25, 0.3) is 0 Å². The summed E-state index contributed by atoms with van der Waals surface area (Å²) in [5, 5.41) is 3.11. The number of halogens is 2. The molecule has 1 atom stereocenters. The second kappa shape index (κ2) is 8.70. The van der Waals surface area contributed by atoms with Crippen LogP contribution in [0.4, 0.5) is 4.79 Å². The molecule has 0 aliphatic heterocycles. The van der Waals surface area contributed by atoms with Crippen molar-refractivity contribution in [2.45, 2.75) is 19.1 Å². The highest BCUT2D eigenvalue weighted by atomic mass is 79.9. The number of hydrogen-bond acceptors (Lipinski definition) is 3. The van der Waals surface area contributed by atoms with Crippen molar-refractivity contribution in [1.82, 2.24) is 5.32 Å². The summed E-state index contributed by atoms with van der Waals surface area (Å²) in [5.74, 6) is -0.438. The number of hydrogen-bond donors (Lipinski definition) is 2. The van der Waals surface area contributed by atoms with Crippen LogP contribution >= 0.6 is 27.5 Å². The van der Waals surface area contributed by atoms with Crippen molar-refractivity contribution in [2.24, 2.45) is 5.73 Å². The summed E-state index contributed by atoms with van der Waals surface area (Å²) in [6.45, 7) is 0.163. The number of benzene rings is 2. The topological polar surface area (TPSA) is 81.4 Å². The van der Waals surface area contributed by atoms with Crippen molar-refractivity contribution in [3.8, 4) is 0 Å². The van der Waals surface area contributed by atoms with E-state index in [-0.39, 0.29) is 13.0 Å². The van der Waals surface area contributed by atoms with E-state index in [0.29, 0.717) is 5.02 Å². The number of nitrogens with one attached hydrogen (secondary N) is 1. The Hall–Kier alpha value is -2.05. The van der Waals surface area contributed by atoms with E-state index in [2.05, 4.69) is 21.2 Å². The molecular formula is C17H16BrClN2O3. The minimum atomic E-state index is -0.712. The van der Waals surface area contributed by atoms with Crippen LogP contribution in [0, 0.1) is 0 Å². The van der Waals surface area contributed by atoms with Crippen molar-refractivity contribution >= 4 is 39.5 Å². The molecule has 5 nitrogen and oxygen atoms in total.